The Kier molecular flexibility index (Phi) is 6.90. The van der Waals surface area contributed by atoms with Crippen molar-refractivity contribution in [1.29, 1.82) is 0 Å². The van der Waals surface area contributed by atoms with Crippen molar-refractivity contribution < 1.29 is 14.2 Å². The van der Waals surface area contributed by atoms with Crippen LogP contribution in [0.1, 0.15) is 44.2 Å². The normalized spacial score (nSPS) is 12.9. The zero-order valence-electron chi connectivity index (χ0n) is 16.9. The number of benzene rings is 2. The van der Waals surface area contributed by atoms with Crippen LogP contribution in [0.15, 0.2) is 59.1 Å². The summed E-state index contributed by atoms with van der Waals surface area (Å²) in [7, 11) is 0. The summed E-state index contributed by atoms with van der Waals surface area (Å²) >= 11 is 0. The predicted octanol–water partition coefficient (Wildman–Crippen LogP) is 4.48. The van der Waals surface area contributed by atoms with Crippen molar-refractivity contribution in [2.45, 2.75) is 39.2 Å². The molecule has 3 aromatic rings. The number of nitro groups is 1. The maximum atomic E-state index is 12.5. The van der Waals surface area contributed by atoms with Gasteiger partial charge < -0.3 is 9.84 Å². The monoisotopic (exact) mass is 408 g/mol. The van der Waals surface area contributed by atoms with Gasteiger partial charge in [0.25, 0.3) is 5.69 Å². The van der Waals surface area contributed by atoms with Gasteiger partial charge in [0.2, 0.25) is 17.6 Å². The van der Waals surface area contributed by atoms with Crippen LogP contribution in [-0.2, 0) is 11.2 Å². The first-order valence-corrected chi connectivity index (χ1v) is 9.89. The molecule has 156 valence electrons. The molecule has 1 aromatic heterocycles. The Balaban J connectivity index is 1.71. The highest BCUT2D eigenvalue weighted by Crippen LogP contribution is 2.26. The molecule has 30 heavy (non-hydrogen) atoms. The Bertz CT molecular complexity index is 986. The minimum absolute atomic E-state index is 0.00868. The lowest BCUT2D eigenvalue weighted by molar-refractivity contribution is -0.384. The second-order valence-corrected chi connectivity index (χ2v) is 7.18. The van der Waals surface area contributed by atoms with E-state index in [0.29, 0.717) is 30.1 Å². The molecular weight excluding hydrogens is 384 g/mol. The maximum Gasteiger partial charge on any atom is 0.269 e. The number of carbonyl (C=O) groups excluding carboxylic acids is 1. The Morgan fingerprint density at radius 1 is 1.17 bits per heavy atom. The first-order valence-electron chi connectivity index (χ1n) is 9.89. The number of aryl methyl sites for hydroxylation is 1. The summed E-state index contributed by atoms with van der Waals surface area (Å²) in [6.45, 7) is 4.04. The molecule has 0 spiro atoms. The van der Waals surface area contributed by atoms with Gasteiger partial charge in [-0.2, -0.15) is 4.98 Å². The molecule has 0 unspecified atom stereocenters. The molecule has 0 saturated heterocycles. The number of nitro benzene ring substituents is 1. The maximum absolute atomic E-state index is 12.5. The highest BCUT2D eigenvalue weighted by molar-refractivity contribution is 5.76. The molecule has 0 aliphatic carbocycles. The van der Waals surface area contributed by atoms with E-state index in [-0.39, 0.29) is 17.5 Å². The number of nitrogens with one attached hydrogen (secondary N) is 1. The van der Waals surface area contributed by atoms with Crippen molar-refractivity contribution in [2.24, 2.45) is 5.92 Å². The molecule has 0 saturated carbocycles. The molecular formula is C22H24N4O4. The van der Waals surface area contributed by atoms with E-state index in [1.54, 1.807) is 12.1 Å². The Morgan fingerprint density at radius 2 is 1.87 bits per heavy atom. The number of aromatic nitrogens is 2. The summed E-state index contributed by atoms with van der Waals surface area (Å²) < 4.78 is 5.44. The Hall–Kier alpha value is -3.55. The molecule has 8 heteroatoms. The molecule has 2 aromatic carbocycles. The second-order valence-electron chi connectivity index (χ2n) is 7.18. The van der Waals surface area contributed by atoms with Crippen LogP contribution < -0.4 is 5.32 Å². The van der Waals surface area contributed by atoms with Crippen LogP contribution in [0.5, 0.6) is 0 Å². The van der Waals surface area contributed by atoms with Crippen LogP contribution in [0.3, 0.4) is 0 Å². The molecule has 1 amide bonds. The predicted molar refractivity (Wildman–Crippen MR) is 111 cm³/mol. The largest absolute Gasteiger partial charge is 0.344 e. The molecule has 2 atom stereocenters. The minimum Gasteiger partial charge on any atom is -0.344 e. The number of rotatable bonds is 9. The van der Waals surface area contributed by atoms with E-state index in [9.17, 15) is 14.9 Å². The number of hydrogen-bond acceptors (Lipinski definition) is 6. The van der Waals surface area contributed by atoms with Crippen molar-refractivity contribution in [3.8, 4) is 11.4 Å². The van der Waals surface area contributed by atoms with Gasteiger partial charge in [-0.1, -0.05) is 55.8 Å². The quantitative estimate of drug-likeness (QED) is 0.413. The first-order chi connectivity index (χ1) is 14.5. The minimum atomic E-state index is -0.463. The van der Waals surface area contributed by atoms with Crippen LogP contribution in [0, 0.1) is 16.0 Å². The van der Waals surface area contributed by atoms with E-state index in [4.69, 9.17) is 4.52 Å². The number of amides is 1. The fraction of sp³-hybridized carbons (Fsp3) is 0.318. The third-order valence-corrected chi connectivity index (χ3v) is 5.06. The number of non-ortho nitro benzene ring substituents is 1. The van der Waals surface area contributed by atoms with Crippen molar-refractivity contribution in [1.82, 2.24) is 15.5 Å². The van der Waals surface area contributed by atoms with E-state index in [2.05, 4.69) is 15.5 Å². The Labute approximate surface area is 174 Å². The highest BCUT2D eigenvalue weighted by Gasteiger charge is 2.26. The highest BCUT2D eigenvalue weighted by atomic mass is 16.6. The molecule has 1 N–H and O–H groups in total. The van der Waals surface area contributed by atoms with E-state index in [0.717, 1.165) is 12.0 Å². The number of carbonyl (C=O) groups is 1. The smallest absolute Gasteiger partial charge is 0.269 e. The van der Waals surface area contributed by atoms with Gasteiger partial charge in [0, 0.05) is 24.1 Å². The summed E-state index contributed by atoms with van der Waals surface area (Å²) in [5.41, 5.74) is 1.70. The van der Waals surface area contributed by atoms with Gasteiger partial charge in [0.1, 0.15) is 6.04 Å². The van der Waals surface area contributed by atoms with Crippen molar-refractivity contribution in [3.63, 3.8) is 0 Å². The van der Waals surface area contributed by atoms with Crippen LogP contribution in [-0.4, -0.2) is 21.0 Å². The Morgan fingerprint density at radius 3 is 2.50 bits per heavy atom. The topological polar surface area (TPSA) is 111 Å². The number of hydrogen-bond donors (Lipinski definition) is 1. The van der Waals surface area contributed by atoms with Crippen LogP contribution in [0.25, 0.3) is 11.4 Å². The van der Waals surface area contributed by atoms with Gasteiger partial charge in [-0.05, 0) is 30.0 Å². The zero-order chi connectivity index (χ0) is 21.5. The van der Waals surface area contributed by atoms with Crippen LogP contribution in [0.4, 0.5) is 5.69 Å². The van der Waals surface area contributed by atoms with Crippen molar-refractivity contribution in [2.75, 3.05) is 0 Å². The fourth-order valence-electron chi connectivity index (χ4n) is 3.04. The second kappa shape index (κ2) is 9.78. The number of nitrogens with zero attached hydrogens (tertiary/aromatic N) is 3. The standard InChI is InChI=1S/C22H24N4O4/c1-3-15(2)20(23-19(27)14-9-16-7-5-4-6-8-16)22-24-21(25-30-22)17-10-12-18(13-11-17)26(28)29/h4-8,10-13,15,20H,3,9,14H2,1-2H3,(H,23,27)/t15-,20-/m1/s1. The molecule has 3 rings (SSSR count). The van der Waals surface area contributed by atoms with Crippen LogP contribution >= 0.6 is 0 Å². The van der Waals surface area contributed by atoms with Gasteiger partial charge in [-0.15, -0.1) is 0 Å². The van der Waals surface area contributed by atoms with Gasteiger partial charge in [-0.3, -0.25) is 14.9 Å². The molecule has 0 radical (unpaired) electrons. The van der Waals surface area contributed by atoms with Gasteiger partial charge in [0.05, 0.1) is 4.92 Å². The third kappa shape index (κ3) is 5.28. The molecule has 0 bridgehead atoms. The average Bonchev–Trinajstić information content (AvgIpc) is 3.26. The molecule has 8 nitrogen and oxygen atoms in total. The van der Waals surface area contributed by atoms with E-state index >= 15 is 0 Å². The van der Waals surface area contributed by atoms with Crippen molar-refractivity contribution in [3.05, 3.63) is 76.2 Å². The van der Waals surface area contributed by atoms with Gasteiger partial charge >= 0.3 is 0 Å². The summed E-state index contributed by atoms with van der Waals surface area (Å²) in [6.07, 6.45) is 1.83. The SMILES string of the molecule is CC[C@@H](C)[C@@H](NC(=O)CCc1ccccc1)c1nc(-c2ccc([N+](=O)[O-])cc2)no1. The van der Waals surface area contributed by atoms with E-state index in [1.807, 2.05) is 44.2 Å². The lowest BCUT2D eigenvalue weighted by Gasteiger charge is -2.20. The van der Waals surface area contributed by atoms with Crippen LogP contribution in [0.2, 0.25) is 0 Å². The summed E-state index contributed by atoms with van der Waals surface area (Å²) in [4.78, 5) is 27.3. The fourth-order valence-corrected chi connectivity index (χ4v) is 3.04. The zero-order valence-corrected chi connectivity index (χ0v) is 16.9. The lowest BCUT2D eigenvalue weighted by atomic mass is 9.98. The summed E-state index contributed by atoms with van der Waals surface area (Å²) in [6, 6.07) is 15.4. The van der Waals surface area contributed by atoms with Crippen molar-refractivity contribution >= 4 is 11.6 Å². The van der Waals surface area contributed by atoms with Gasteiger partial charge in [0.15, 0.2) is 0 Å². The molecule has 1 heterocycles. The first kappa shape index (κ1) is 21.2. The third-order valence-electron chi connectivity index (χ3n) is 5.06. The van der Waals surface area contributed by atoms with E-state index in [1.165, 1.54) is 12.1 Å². The van der Waals surface area contributed by atoms with E-state index < -0.39 is 11.0 Å². The van der Waals surface area contributed by atoms with Gasteiger partial charge in [-0.25, -0.2) is 0 Å². The molecule has 0 fully saturated rings. The molecule has 0 aliphatic heterocycles. The molecule has 0 aliphatic rings. The summed E-state index contributed by atoms with van der Waals surface area (Å²) in [5.74, 6) is 0.660. The average molecular weight is 408 g/mol. The lowest BCUT2D eigenvalue weighted by Crippen LogP contribution is -2.32. The summed E-state index contributed by atoms with van der Waals surface area (Å²) in [5, 5.41) is 17.8.